The van der Waals surface area contributed by atoms with Gasteiger partial charge in [-0.25, -0.2) is 14.4 Å². The summed E-state index contributed by atoms with van der Waals surface area (Å²) in [5, 5.41) is 5.71. The summed E-state index contributed by atoms with van der Waals surface area (Å²) < 4.78 is 18.5. The third-order valence-corrected chi connectivity index (χ3v) is 3.47. The smallest absolute Gasteiger partial charge is 0.274 e. The minimum absolute atomic E-state index is 0.0819. The summed E-state index contributed by atoms with van der Waals surface area (Å²) in [5.41, 5.74) is 1.45. The van der Waals surface area contributed by atoms with E-state index in [4.69, 9.17) is 4.74 Å². The Balaban J connectivity index is 1.67. The van der Waals surface area contributed by atoms with Crippen LogP contribution in [0, 0.1) is 5.82 Å². The average molecular weight is 366 g/mol. The molecule has 0 aliphatic carbocycles. The number of amides is 1. The molecule has 0 saturated carbocycles. The van der Waals surface area contributed by atoms with Crippen molar-refractivity contribution in [1.82, 2.24) is 9.97 Å². The summed E-state index contributed by atoms with van der Waals surface area (Å²) in [6.07, 6.45) is 1.56. The van der Waals surface area contributed by atoms with Crippen LogP contribution in [-0.4, -0.2) is 22.0 Å². The normalized spacial score (nSPS) is 10.5. The van der Waals surface area contributed by atoms with Gasteiger partial charge < -0.3 is 15.4 Å². The maximum atomic E-state index is 13.0. The first-order chi connectivity index (χ1) is 13.0. The number of nitrogens with zero attached hydrogens (tertiary/aromatic N) is 2. The quantitative estimate of drug-likeness (QED) is 0.676. The second kappa shape index (κ2) is 8.27. The molecule has 0 aliphatic rings. The summed E-state index contributed by atoms with van der Waals surface area (Å²) in [6.45, 7) is 3.89. The standard InChI is InChI=1S/C20H19FN4O2/c1-13(2)27-17-9-7-15(8-10-17)23-19(26)18-11-12-22-20(25-18)24-16-5-3-14(21)4-6-16/h3-13H,1-2H3,(H,23,26)(H,22,24,25). The molecule has 3 aromatic rings. The summed E-state index contributed by atoms with van der Waals surface area (Å²) in [6, 6.07) is 14.4. The van der Waals surface area contributed by atoms with E-state index in [9.17, 15) is 9.18 Å². The number of nitrogens with one attached hydrogen (secondary N) is 2. The number of hydrogen-bond acceptors (Lipinski definition) is 5. The zero-order chi connectivity index (χ0) is 19.2. The van der Waals surface area contributed by atoms with Crippen LogP contribution in [0.25, 0.3) is 0 Å². The van der Waals surface area contributed by atoms with Crippen molar-refractivity contribution < 1.29 is 13.9 Å². The largest absolute Gasteiger partial charge is 0.491 e. The Hall–Kier alpha value is -3.48. The Morgan fingerprint density at radius 3 is 2.33 bits per heavy atom. The number of carbonyl (C=O) groups is 1. The highest BCUT2D eigenvalue weighted by atomic mass is 19.1. The summed E-state index contributed by atoms with van der Waals surface area (Å²) >= 11 is 0. The molecule has 3 rings (SSSR count). The molecule has 2 N–H and O–H groups in total. The van der Waals surface area contributed by atoms with Crippen LogP contribution in [0.2, 0.25) is 0 Å². The fraction of sp³-hybridized carbons (Fsp3) is 0.150. The molecule has 0 atom stereocenters. The van der Waals surface area contributed by atoms with Crippen molar-refractivity contribution >= 4 is 23.2 Å². The number of aromatic nitrogens is 2. The monoisotopic (exact) mass is 366 g/mol. The third kappa shape index (κ3) is 5.24. The molecule has 27 heavy (non-hydrogen) atoms. The van der Waals surface area contributed by atoms with Crippen LogP contribution in [0.3, 0.4) is 0 Å². The highest BCUT2D eigenvalue weighted by Gasteiger charge is 2.10. The number of carbonyl (C=O) groups excluding carboxylic acids is 1. The van der Waals surface area contributed by atoms with E-state index in [1.54, 1.807) is 36.4 Å². The van der Waals surface area contributed by atoms with Gasteiger partial charge >= 0.3 is 0 Å². The van der Waals surface area contributed by atoms with Gasteiger partial charge in [-0.15, -0.1) is 0 Å². The lowest BCUT2D eigenvalue weighted by Gasteiger charge is -2.11. The molecule has 0 radical (unpaired) electrons. The van der Waals surface area contributed by atoms with Gasteiger partial charge in [-0.1, -0.05) is 0 Å². The number of hydrogen-bond donors (Lipinski definition) is 2. The highest BCUT2D eigenvalue weighted by molar-refractivity contribution is 6.03. The van der Waals surface area contributed by atoms with Crippen LogP contribution in [0.5, 0.6) is 5.75 Å². The summed E-state index contributed by atoms with van der Waals surface area (Å²) in [4.78, 5) is 20.7. The van der Waals surface area contributed by atoms with Gasteiger partial charge in [0, 0.05) is 17.6 Å². The highest BCUT2D eigenvalue weighted by Crippen LogP contribution is 2.18. The average Bonchev–Trinajstić information content (AvgIpc) is 2.65. The Morgan fingerprint density at radius 2 is 1.67 bits per heavy atom. The molecule has 0 saturated heterocycles. The van der Waals surface area contributed by atoms with E-state index in [0.717, 1.165) is 5.75 Å². The first-order valence-corrected chi connectivity index (χ1v) is 8.43. The van der Waals surface area contributed by atoms with Crippen molar-refractivity contribution in [1.29, 1.82) is 0 Å². The lowest BCUT2D eigenvalue weighted by Crippen LogP contribution is -2.14. The van der Waals surface area contributed by atoms with Gasteiger partial charge in [0.05, 0.1) is 6.10 Å². The molecule has 0 unspecified atom stereocenters. The third-order valence-electron chi connectivity index (χ3n) is 3.47. The predicted molar refractivity (Wildman–Crippen MR) is 102 cm³/mol. The maximum Gasteiger partial charge on any atom is 0.274 e. The molecule has 0 aliphatic heterocycles. The minimum Gasteiger partial charge on any atom is -0.491 e. The first kappa shape index (κ1) is 18.3. The lowest BCUT2D eigenvalue weighted by atomic mass is 10.3. The van der Waals surface area contributed by atoms with Gasteiger partial charge in [0.2, 0.25) is 5.95 Å². The second-order valence-electron chi connectivity index (χ2n) is 6.04. The van der Waals surface area contributed by atoms with Crippen LogP contribution in [0.15, 0.2) is 60.8 Å². The molecular formula is C20H19FN4O2. The molecule has 2 aromatic carbocycles. The second-order valence-corrected chi connectivity index (χ2v) is 6.04. The van der Waals surface area contributed by atoms with E-state index in [-0.39, 0.29) is 29.5 Å². The Bertz CT molecular complexity index is 912. The molecule has 1 aromatic heterocycles. The van der Waals surface area contributed by atoms with Gasteiger partial charge in [0.15, 0.2) is 0 Å². The maximum absolute atomic E-state index is 13.0. The topological polar surface area (TPSA) is 76.1 Å². The van der Waals surface area contributed by atoms with Crippen LogP contribution >= 0.6 is 0 Å². The molecular weight excluding hydrogens is 347 g/mol. The Kier molecular flexibility index (Phi) is 5.61. The van der Waals surface area contributed by atoms with E-state index >= 15 is 0 Å². The number of benzene rings is 2. The van der Waals surface area contributed by atoms with Crippen LogP contribution in [0.4, 0.5) is 21.7 Å². The summed E-state index contributed by atoms with van der Waals surface area (Å²) in [5.74, 6) is 0.280. The fourth-order valence-electron chi connectivity index (χ4n) is 2.29. The predicted octanol–water partition coefficient (Wildman–Crippen LogP) is 4.40. The minimum atomic E-state index is -0.364. The number of halogens is 1. The zero-order valence-electron chi connectivity index (χ0n) is 14.9. The molecule has 0 fully saturated rings. The molecule has 1 heterocycles. The Morgan fingerprint density at radius 1 is 1.00 bits per heavy atom. The van der Waals surface area contributed by atoms with Crippen molar-refractivity contribution in [3.63, 3.8) is 0 Å². The van der Waals surface area contributed by atoms with Crippen molar-refractivity contribution in [2.45, 2.75) is 20.0 Å². The van der Waals surface area contributed by atoms with Crippen LogP contribution in [0.1, 0.15) is 24.3 Å². The van der Waals surface area contributed by atoms with Crippen molar-refractivity contribution in [3.8, 4) is 5.75 Å². The van der Waals surface area contributed by atoms with Gasteiger partial charge in [-0.05, 0) is 68.4 Å². The molecule has 138 valence electrons. The van der Waals surface area contributed by atoms with Gasteiger partial charge in [-0.3, -0.25) is 4.79 Å². The van der Waals surface area contributed by atoms with E-state index in [0.29, 0.717) is 11.4 Å². The summed E-state index contributed by atoms with van der Waals surface area (Å²) in [7, 11) is 0. The van der Waals surface area contributed by atoms with Crippen LogP contribution < -0.4 is 15.4 Å². The van der Waals surface area contributed by atoms with E-state index in [2.05, 4.69) is 20.6 Å². The van der Waals surface area contributed by atoms with Crippen molar-refractivity contribution in [3.05, 3.63) is 72.3 Å². The van der Waals surface area contributed by atoms with Crippen LogP contribution in [-0.2, 0) is 0 Å². The van der Waals surface area contributed by atoms with Gasteiger partial charge in [0.25, 0.3) is 5.91 Å². The van der Waals surface area contributed by atoms with Gasteiger partial charge in [-0.2, -0.15) is 0 Å². The fourth-order valence-corrected chi connectivity index (χ4v) is 2.29. The van der Waals surface area contributed by atoms with E-state index < -0.39 is 0 Å². The number of ether oxygens (including phenoxy) is 1. The molecule has 1 amide bonds. The molecule has 7 heteroatoms. The number of rotatable bonds is 6. The van der Waals surface area contributed by atoms with Crippen molar-refractivity contribution in [2.24, 2.45) is 0 Å². The zero-order valence-corrected chi connectivity index (χ0v) is 14.9. The first-order valence-electron chi connectivity index (χ1n) is 8.43. The Labute approximate surface area is 156 Å². The number of anilines is 3. The van der Waals surface area contributed by atoms with E-state index in [1.807, 2.05) is 13.8 Å². The molecule has 6 nitrogen and oxygen atoms in total. The molecule has 0 spiro atoms. The lowest BCUT2D eigenvalue weighted by molar-refractivity contribution is 0.102. The molecule has 0 bridgehead atoms. The SMILES string of the molecule is CC(C)Oc1ccc(NC(=O)c2ccnc(Nc3ccc(F)cc3)n2)cc1. The van der Waals surface area contributed by atoms with Crippen molar-refractivity contribution in [2.75, 3.05) is 10.6 Å². The van der Waals surface area contributed by atoms with E-state index in [1.165, 1.54) is 24.4 Å². The van der Waals surface area contributed by atoms with Gasteiger partial charge in [0.1, 0.15) is 17.3 Å².